The number of nitrogens with zero attached hydrogens (tertiary/aromatic N) is 1. The van der Waals surface area contributed by atoms with E-state index >= 15 is 0 Å². The van der Waals surface area contributed by atoms with Gasteiger partial charge in [-0.2, -0.15) is 5.26 Å². The first-order chi connectivity index (χ1) is 8.83. The molecule has 1 nitrogen and oxygen atoms in total. The average Bonchev–Trinajstić information content (AvgIpc) is 2.46. The van der Waals surface area contributed by atoms with E-state index in [-0.39, 0.29) is 0 Å². The van der Waals surface area contributed by atoms with Gasteiger partial charge >= 0.3 is 0 Å². The van der Waals surface area contributed by atoms with Gasteiger partial charge in [-0.1, -0.05) is 19.1 Å². The first-order valence-electron chi connectivity index (χ1n) is 7.89. The summed E-state index contributed by atoms with van der Waals surface area (Å²) in [6.07, 6.45) is 16.6. The van der Waals surface area contributed by atoms with E-state index < -0.39 is 0 Å². The third kappa shape index (κ3) is 3.61. The molecule has 0 aromatic heterocycles. The molecular formula is C17H27N. The molecule has 0 unspecified atom stereocenters. The minimum atomic E-state index is 0.366. The van der Waals surface area contributed by atoms with Crippen molar-refractivity contribution in [3.63, 3.8) is 0 Å². The molecule has 2 fully saturated rings. The molecule has 0 atom stereocenters. The van der Waals surface area contributed by atoms with E-state index in [2.05, 4.69) is 25.1 Å². The van der Waals surface area contributed by atoms with Gasteiger partial charge < -0.3 is 0 Å². The monoisotopic (exact) mass is 245 g/mol. The van der Waals surface area contributed by atoms with E-state index in [1.165, 1.54) is 44.9 Å². The van der Waals surface area contributed by atoms with E-state index in [1.54, 1.807) is 0 Å². The summed E-state index contributed by atoms with van der Waals surface area (Å²) < 4.78 is 0. The fourth-order valence-corrected chi connectivity index (χ4v) is 3.86. The van der Waals surface area contributed by atoms with Crippen LogP contribution in [0.2, 0.25) is 0 Å². The van der Waals surface area contributed by atoms with Crippen LogP contribution in [0, 0.1) is 35.0 Å². The molecule has 2 saturated carbocycles. The lowest BCUT2D eigenvalue weighted by Gasteiger charge is -2.36. The number of rotatable bonds is 3. The molecule has 0 saturated heterocycles. The van der Waals surface area contributed by atoms with Gasteiger partial charge in [0.25, 0.3) is 0 Å². The summed E-state index contributed by atoms with van der Waals surface area (Å²) >= 11 is 0. The number of hydrogen-bond donors (Lipinski definition) is 0. The Morgan fingerprint density at radius 2 is 1.50 bits per heavy atom. The zero-order valence-electron chi connectivity index (χ0n) is 11.8. The second kappa shape index (κ2) is 6.98. The summed E-state index contributed by atoms with van der Waals surface area (Å²) in [4.78, 5) is 0. The van der Waals surface area contributed by atoms with Crippen LogP contribution >= 0.6 is 0 Å². The van der Waals surface area contributed by atoms with E-state index in [0.717, 1.165) is 30.6 Å². The van der Waals surface area contributed by atoms with E-state index in [0.29, 0.717) is 5.92 Å². The molecule has 0 spiro atoms. The predicted molar refractivity (Wildman–Crippen MR) is 75.9 cm³/mol. The summed E-state index contributed by atoms with van der Waals surface area (Å²) in [7, 11) is 0. The van der Waals surface area contributed by atoms with Crippen LogP contribution in [0.5, 0.6) is 0 Å². The summed E-state index contributed by atoms with van der Waals surface area (Å²) in [6, 6.07) is 2.45. The molecule has 0 N–H and O–H groups in total. The SMILES string of the molecule is CC/C=C/C1CCC(C2CCC(C#N)CC2)CC1. The molecule has 0 aromatic carbocycles. The molecule has 0 bridgehead atoms. The van der Waals surface area contributed by atoms with Crippen molar-refractivity contribution in [3.8, 4) is 6.07 Å². The minimum absolute atomic E-state index is 0.366. The fraction of sp³-hybridized carbons (Fsp3) is 0.824. The molecule has 0 amide bonds. The smallest absolute Gasteiger partial charge is 0.0655 e. The van der Waals surface area contributed by atoms with Gasteiger partial charge in [0.05, 0.1) is 6.07 Å². The van der Waals surface area contributed by atoms with Crippen molar-refractivity contribution in [2.75, 3.05) is 0 Å². The molecule has 1 heteroatoms. The van der Waals surface area contributed by atoms with Crippen molar-refractivity contribution >= 4 is 0 Å². The number of nitriles is 1. The lowest BCUT2D eigenvalue weighted by atomic mass is 9.69. The van der Waals surface area contributed by atoms with Crippen molar-refractivity contribution in [2.45, 2.75) is 64.7 Å². The van der Waals surface area contributed by atoms with Crippen LogP contribution in [0.3, 0.4) is 0 Å². The largest absolute Gasteiger partial charge is 0.198 e. The highest BCUT2D eigenvalue weighted by Crippen LogP contribution is 2.41. The lowest BCUT2D eigenvalue weighted by molar-refractivity contribution is 0.168. The van der Waals surface area contributed by atoms with Gasteiger partial charge in [-0.05, 0) is 75.5 Å². The molecule has 0 radical (unpaired) electrons. The van der Waals surface area contributed by atoms with Crippen LogP contribution in [0.15, 0.2) is 12.2 Å². The number of allylic oxidation sites excluding steroid dienone is 2. The Morgan fingerprint density at radius 3 is 2.00 bits per heavy atom. The Bertz CT molecular complexity index is 296. The van der Waals surface area contributed by atoms with Gasteiger partial charge in [-0.15, -0.1) is 0 Å². The lowest BCUT2D eigenvalue weighted by Crippen LogP contribution is -2.25. The number of hydrogen-bond acceptors (Lipinski definition) is 1. The van der Waals surface area contributed by atoms with Crippen molar-refractivity contribution in [1.82, 2.24) is 0 Å². The Balaban J connectivity index is 1.73. The Hall–Kier alpha value is -0.770. The van der Waals surface area contributed by atoms with Crippen LogP contribution < -0.4 is 0 Å². The fourth-order valence-electron chi connectivity index (χ4n) is 3.86. The molecule has 0 heterocycles. The van der Waals surface area contributed by atoms with Gasteiger partial charge in [0.1, 0.15) is 0 Å². The Morgan fingerprint density at radius 1 is 0.944 bits per heavy atom. The highest BCUT2D eigenvalue weighted by atomic mass is 14.4. The van der Waals surface area contributed by atoms with Crippen molar-refractivity contribution in [3.05, 3.63) is 12.2 Å². The molecule has 2 aliphatic carbocycles. The van der Waals surface area contributed by atoms with Gasteiger partial charge in [0, 0.05) is 5.92 Å². The van der Waals surface area contributed by atoms with E-state index in [9.17, 15) is 0 Å². The second-order valence-electron chi connectivity index (χ2n) is 6.25. The molecule has 2 aliphatic rings. The topological polar surface area (TPSA) is 23.8 Å². The molecule has 100 valence electrons. The highest BCUT2D eigenvalue weighted by molar-refractivity contribution is 4.93. The maximum absolute atomic E-state index is 8.95. The average molecular weight is 245 g/mol. The van der Waals surface area contributed by atoms with Crippen LogP contribution in [-0.2, 0) is 0 Å². The first kappa shape index (κ1) is 13.7. The van der Waals surface area contributed by atoms with Crippen LogP contribution in [0.4, 0.5) is 0 Å². The molecule has 18 heavy (non-hydrogen) atoms. The molecule has 0 aliphatic heterocycles. The summed E-state index contributed by atoms with van der Waals surface area (Å²) in [5.74, 6) is 3.13. The van der Waals surface area contributed by atoms with E-state index in [1.807, 2.05) is 0 Å². The maximum Gasteiger partial charge on any atom is 0.0655 e. The zero-order valence-corrected chi connectivity index (χ0v) is 11.8. The van der Waals surface area contributed by atoms with Crippen molar-refractivity contribution in [2.24, 2.45) is 23.7 Å². The normalized spacial score (nSPS) is 37.6. The Kier molecular flexibility index (Phi) is 5.29. The van der Waals surface area contributed by atoms with Crippen LogP contribution in [-0.4, -0.2) is 0 Å². The Labute approximate surface area is 112 Å². The highest BCUT2D eigenvalue weighted by Gasteiger charge is 2.30. The van der Waals surface area contributed by atoms with Gasteiger partial charge in [0.2, 0.25) is 0 Å². The summed E-state index contributed by atoms with van der Waals surface area (Å²) in [5, 5.41) is 8.95. The van der Waals surface area contributed by atoms with Gasteiger partial charge in [0.15, 0.2) is 0 Å². The van der Waals surface area contributed by atoms with E-state index in [4.69, 9.17) is 5.26 Å². The summed E-state index contributed by atoms with van der Waals surface area (Å²) in [5.41, 5.74) is 0. The van der Waals surface area contributed by atoms with Gasteiger partial charge in [-0.25, -0.2) is 0 Å². The van der Waals surface area contributed by atoms with Gasteiger partial charge in [-0.3, -0.25) is 0 Å². The minimum Gasteiger partial charge on any atom is -0.198 e. The van der Waals surface area contributed by atoms with Crippen LogP contribution in [0.25, 0.3) is 0 Å². The first-order valence-corrected chi connectivity index (χ1v) is 7.89. The molecular weight excluding hydrogens is 218 g/mol. The van der Waals surface area contributed by atoms with Crippen LogP contribution in [0.1, 0.15) is 64.7 Å². The quantitative estimate of drug-likeness (QED) is 0.635. The van der Waals surface area contributed by atoms with Crippen molar-refractivity contribution in [1.29, 1.82) is 5.26 Å². The molecule has 0 aromatic rings. The standard InChI is InChI=1S/C17H27N/c1-2-3-4-14-5-9-16(10-6-14)17-11-7-15(13-18)8-12-17/h3-4,14-17H,2,5-12H2,1H3/b4-3+. The zero-order chi connectivity index (χ0) is 12.8. The summed E-state index contributed by atoms with van der Waals surface area (Å²) in [6.45, 7) is 2.22. The molecule has 2 rings (SSSR count). The third-order valence-corrected chi connectivity index (χ3v) is 5.08. The predicted octanol–water partition coefficient (Wildman–Crippen LogP) is 5.09. The maximum atomic E-state index is 8.95. The second-order valence-corrected chi connectivity index (χ2v) is 6.25. The third-order valence-electron chi connectivity index (χ3n) is 5.08. The van der Waals surface area contributed by atoms with Crippen molar-refractivity contribution < 1.29 is 0 Å².